The Labute approximate surface area is 108 Å². The van der Waals surface area contributed by atoms with Crippen LogP contribution in [-0.4, -0.2) is 27.9 Å². The van der Waals surface area contributed by atoms with E-state index >= 15 is 0 Å². The van der Waals surface area contributed by atoms with Crippen LogP contribution in [0.5, 0.6) is 17.2 Å². The second kappa shape index (κ2) is 5.98. The van der Waals surface area contributed by atoms with Gasteiger partial charge in [0.25, 0.3) is 0 Å². The number of hydrogen-bond acceptors (Lipinski definition) is 4. The molecule has 1 heterocycles. The topological polar surface area (TPSA) is 39.7 Å². The summed E-state index contributed by atoms with van der Waals surface area (Å²) in [4.78, 5) is 0. The van der Waals surface area contributed by atoms with Crippen LogP contribution in [-0.2, 0) is 0 Å². The molecule has 0 aromatic heterocycles. The lowest BCUT2D eigenvalue weighted by Crippen LogP contribution is -2.35. The standard InChI is InChI=1S/C12H17NO3.ClH/c1-14-10-5-4-8(9-6-7-13-9)11(15-2)12(10)16-3;/h4-5,9,13H,6-7H2,1-3H3;1H/t9-;/m1./s1. The Morgan fingerprint density at radius 1 is 1.06 bits per heavy atom. The van der Waals surface area contributed by atoms with Crippen molar-refractivity contribution in [1.29, 1.82) is 0 Å². The third kappa shape index (κ3) is 2.42. The minimum atomic E-state index is 0. The van der Waals surface area contributed by atoms with Gasteiger partial charge in [-0.05, 0) is 25.1 Å². The fourth-order valence-corrected chi connectivity index (χ4v) is 1.95. The summed E-state index contributed by atoms with van der Waals surface area (Å²) in [6, 6.07) is 4.31. The van der Waals surface area contributed by atoms with Crippen LogP contribution in [0.15, 0.2) is 12.1 Å². The molecule has 2 rings (SSSR count). The highest BCUT2D eigenvalue weighted by Gasteiger charge is 2.25. The molecule has 0 aliphatic carbocycles. The minimum Gasteiger partial charge on any atom is -0.493 e. The number of halogens is 1. The van der Waals surface area contributed by atoms with Crippen molar-refractivity contribution >= 4 is 12.4 Å². The highest BCUT2D eigenvalue weighted by molar-refractivity contribution is 5.85. The van der Waals surface area contributed by atoms with Gasteiger partial charge in [-0.1, -0.05) is 0 Å². The van der Waals surface area contributed by atoms with E-state index in [4.69, 9.17) is 14.2 Å². The van der Waals surface area contributed by atoms with Gasteiger partial charge in [0.2, 0.25) is 5.75 Å². The van der Waals surface area contributed by atoms with Crippen molar-refractivity contribution in [1.82, 2.24) is 5.32 Å². The second-order valence-electron chi connectivity index (χ2n) is 3.72. The Bertz CT molecular complexity index is 380. The average molecular weight is 260 g/mol. The third-order valence-corrected chi connectivity index (χ3v) is 2.93. The first-order chi connectivity index (χ1) is 7.81. The van der Waals surface area contributed by atoms with E-state index in [9.17, 15) is 0 Å². The zero-order valence-corrected chi connectivity index (χ0v) is 11.1. The van der Waals surface area contributed by atoms with Crippen molar-refractivity contribution in [2.24, 2.45) is 0 Å². The first-order valence-electron chi connectivity index (χ1n) is 5.34. The Hall–Kier alpha value is -1.13. The predicted molar refractivity (Wildman–Crippen MR) is 68.7 cm³/mol. The first-order valence-corrected chi connectivity index (χ1v) is 5.34. The van der Waals surface area contributed by atoms with Gasteiger partial charge in [-0.15, -0.1) is 12.4 Å². The monoisotopic (exact) mass is 259 g/mol. The van der Waals surface area contributed by atoms with Crippen molar-refractivity contribution in [2.45, 2.75) is 12.5 Å². The molecule has 17 heavy (non-hydrogen) atoms. The minimum absolute atomic E-state index is 0. The summed E-state index contributed by atoms with van der Waals surface area (Å²) in [6.07, 6.45) is 1.13. The maximum atomic E-state index is 5.42. The van der Waals surface area contributed by atoms with E-state index in [0.717, 1.165) is 24.3 Å². The van der Waals surface area contributed by atoms with Gasteiger partial charge in [0, 0.05) is 11.6 Å². The average Bonchev–Trinajstić information content (AvgIpc) is 2.25. The second-order valence-corrected chi connectivity index (χ2v) is 3.72. The molecule has 0 saturated carbocycles. The summed E-state index contributed by atoms with van der Waals surface area (Å²) in [5.74, 6) is 2.12. The van der Waals surface area contributed by atoms with Gasteiger partial charge >= 0.3 is 0 Å². The van der Waals surface area contributed by atoms with Gasteiger partial charge in [0.15, 0.2) is 11.5 Å². The normalized spacial score (nSPS) is 17.7. The quantitative estimate of drug-likeness (QED) is 0.900. The SMILES string of the molecule is COc1ccc([C@H]2CCN2)c(OC)c1OC.Cl. The summed E-state index contributed by atoms with van der Waals surface area (Å²) >= 11 is 0. The summed E-state index contributed by atoms with van der Waals surface area (Å²) in [5, 5.41) is 3.35. The molecule has 1 aliphatic heterocycles. The van der Waals surface area contributed by atoms with E-state index in [2.05, 4.69) is 5.32 Å². The number of hydrogen-bond donors (Lipinski definition) is 1. The fraction of sp³-hybridized carbons (Fsp3) is 0.500. The molecular formula is C12H18ClNO3. The third-order valence-electron chi connectivity index (χ3n) is 2.93. The lowest BCUT2D eigenvalue weighted by Gasteiger charge is -2.30. The molecular weight excluding hydrogens is 242 g/mol. The molecule has 1 N–H and O–H groups in total. The zero-order chi connectivity index (χ0) is 11.5. The molecule has 0 spiro atoms. The van der Waals surface area contributed by atoms with Crippen molar-refractivity contribution in [2.75, 3.05) is 27.9 Å². The highest BCUT2D eigenvalue weighted by atomic mass is 35.5. The number of benzene rings is 1. The number of methoxy groups -OCH3 is 3. The highest BCUT2D eigenvalue weighted by Crippen LogP contribution is 2.43. The van der Waals surface area contributed by atoms with Crippen LogP contribution in [0.3, 0.4) is 0 Å². The van der Waals surface area contributed by atoms with Gasteiger partial charge in [0.05, 0.1) is 21.3 Å². The van der Waals surface area contributed by atoms with Gasteiger partial charge in [-0.2, -0.15) is 0 Å². The molecule has 1 atom stereocenters. The van der Waals surface area contributed by atoms with Crippen molar-refractivity contribution in [3.05, 3.63) is 17.7 Å². The number of rotatable bonds is 4. The summed E-state index contributed by atoms with van der Waals surface area (Å²) in [7, 11) is 4.90. The molecule has 4 nitrogen and oxygen atoms in total. The molecule has 96 valence electrons. The molecule has 0 amide bonds. The molecule has 1 saturated heterocycles. The zero-order valence-electron chi connectivity index (χ0n) is 10.3. The van der Waals surface area contributed by atoms with Crippen LogP contribution >= 0.6 is 12.4 Å². The largest absolute Gasteiger partial charge is 0.493 e. The van der Waals surface area contributed by atoms with Crippen LogP contribution in [0.4, 0.5) is 0 Å². The number of ether oxygens (including phenoxy) is 3. The van der Waals surface area contributed by atoms with E-state index in [-0.39, 0.29) is 12.4 Å². The Morgan fingerprint density at radius 3 is 2.12 bits per heavy atom. The van der Waals surface area contributed by atoms with Crippen molar-refractivity contribution in [3.63, 3.8) is 0 Å². The number of nitrogens with one attached hydrogen (secondary N) is 1. The Balaban J connectivity index is 0.00000144. The molecule has 1 fully saturated rings. The maximum absolute atomic E-state index is 5.42. The molecule has 1 aromatic carbocycles. The van der Waals surface area contributed by atoms with Crippen LogP contribution in [0, 0.1) is 0 Å². The van der Waals surface area contributed by atoms with Gasteiger partial charge in [-0.25, -0.2) is 0 Å². The lowest BCUT2D eigenvalue weighted by molar-refractivity contribution is 0.309. The fourth-order valence-electron chi connectivity index (χ4n) is 1.95. The van der Waals surface area contributed by atoms with Crippen LogP contribution in [0.2, 0.25) is 0 Å². The van der Waals surface area contributed by atoms with E-state index < -0.39 is 0 Å². The van der Waals surface area contributed by atoms with E-state index in [1.807, 2.05) is 12.1 Å². The van der Waals surface area contributed by atoms with Crippen molar-refractivity contribution < 1.29 is 14.2 Å². The predicted octanol–water partition coefficient (Wildman–Crippen LogP) is 2.17. The molecule has 0 radical (unpaired) electrons. The first kappa shape index (κ1) is 13.9. The van der Waals surface area contributed by atoms with Gasteiger partial charge in [-0.3, -0.25) is 0 Å². The molecule has 1 aromatic rings. The van der Waals surface area contributed by atoms with Gasteiger partial charge < -0.3 is 19.5 Å². The van der Waals surface area contributed by atoms with Crippen molar-refractivity contribution in [3.8, 4) is 17.2 Å². The molecule has 1 aliphatic rings. The Kier molecular flexibility index (Phi) is 4.90. The van der Waals surface area contributed by atoms with E-state index in [1.54, 1.807) is 21.3 Å². The molecule has 0 unspecified atom stereocenters. The molecule has 5 heteroatoms. The van der Waals surface area contributed by atoms with E-state index in [1.165, 1.54) is 0 Å². The maximum Gasteiger partial charge on any atom is 0.203 e. The summed E-state index contributed by atoms with van der Waals surface area (Å²) < 4.78 is 16.0. The smallest absolute Gasteiger partial charge is 0.203 e. The lowest BCUT2D eigenvalue weighted by atomic mass is 9.96. The molecule has 0 bridgehead atoms. The summed E-state index contributed by atoms with van der Waals surface area (Å²) in [5.41, 5.74) is 1.13. The summed E-state index contributed by atoms with van der Waals surface area (Å²) in [6.45, 7) is 1.06. The Morgan fingerprint density at radius 2 is 1.71 bits per heavy atom. The van der Waals surface area contributed by atoms with E-state index in [0.29, 0.717) is 17.5 Å². The van der Waals surface area contributed by atoms with Crippen LogP contribution < -0.4 is 19.5 Å². The van der Waals surface area contributed by atoms with Gasteiger partial charge in [0.1, 0.15) is 0 Å². The van der Waals surface area contributed by atoms with Crippen LogP contribution in [0.1, 0.15) is 18.0 Å². The van der Waals surface area contributed by atoms with Crippen LogP contribution in [0.25, 0.3) is 0 Å².